The van der Waals surface area contributed by atoms with E-state index < -0.39 is 11.9 Å². The van der Waals surface area contributed by atoms with Crippen molar-refractivity contribution in [2.75, 3.05) is 24.1 Å². The zero-order valence-electron chi connectivity index (χ0n) is 33.2. The van der Waals surface area contributed by atoms with Gasteiger partial charge in [-0.3, -0.25) is 19.3 Å². The molecule has 0 aliphatic carbocycles. The Morgan fingerprint density at radius 1 is 0.842 bits per heavy atom. The highest BCUT2D eigenvalue weighted by Crippen LogP contribution is 2.40. The molecule has 0 aromatic heterocycles. The zero-order chi connectivity index (χ0) is 40.4. The molecule has 5 N–H and O–H groups in total. The van der Waals surface area contributed by atoms with Crippen LogP contribution in [-0.2, 0) is 41.7 Å². The van der Waals surface area contributed by atoms with E-state index in [0.29, 0.717) is 56.6 Å². The fourth-order valence-corrected chi connectivity index (χ4v) is 7.39. The topological polar surface area (TPSA) is 152 Å². The van der Waals surface area contributed by atoms with Gasteiger partial charge in [-0.1, -0.05) is 72.8 Å². The number of nitrogens with one attached hydrogen (secondary N) is 2. The number of anilines is 2. The van der Waals surface area contributed by atoms with Gasteiger partial charge in [0.2, 0.25) is 11.8 Å². The molecule has 0 unspecified atom stereocenters. The molecule has 2 amide bonds. The van der Waals surface area contributed by atoms with Crippen molar-refractivity contribution >= 4 is 29.2 Å². The number of nitrogen functional groups attached to an aromatic ring is 1. The molecule has 4 atom stereocenters. The highest BCUT2D eigenvalue weighted by Gasteiger charge is 2.39. The summed E-state index contributed by atoms with van der Waals surface area (Å²) in [4.78, 5) is 40.3. The minimum Gasteiger partial charge on any atom is -0.459 e. The summed E-state index contributed by atoms with van der Waals surface area (Å²) in [7, 11) is 0. The summed E-state index contributed by atoms with van der Waals surface area (Å²) in [5.74, 6) is -0.385. The number of nitrogens with zero attached hydrogens (tertiary/aromatic N) is 1. The second-order valence-corrected chi connectivity index (χ2v) is 16.0. The first-order chi connectivity index (χ1) is 27.4. The van der Waals surface area contributed by atoms with Gasteiger partial charge in [-0.2, -0.15) is 0 Å². The van der Waals surface area contributed by atoms with E-state index in [1.807, 2.05) is 93.6 Å². The highest BCUT2D eigenvalue weighted by atomic mass is 16.7. The lowest BCUT2D eigenvalue weighted by atomic mass is 9.98. The molecule has 6 rings (SSSR count). The normalized spacial score (nSPS) is 19.9. The number of nitrogens with two attached hydrogens (primary N) is 1. The summed E-state index contributed by atoms with van der Waals surface area (Å²) >= 11 is 0. The lowest BCUT2D eigenvalue weighted by Gasteiger charge is -2.38. The van der Waals surface area contributed by atoms with Crippen LogP contribution in [-0.4, -0.2) is 58.6 Å². The molecule has 2 aliphatic heterocycles. The van der Waals surface area contributed by atoms with Gasteiger partial charge in [-0.25, -0.2) is 0 Å². The summed E-state index contributed by atoms with van der Waals surface area (Å²) in [6.45, 7) is 7.40. The fourth-order valence-electron chi connectivity index (χ4n) is 7.39. The number of carbonyl (C=O) groups excluding carboxylic acids is 3. The maximum atomic E-state index is 13.2. The predicted octanol–water partition coefficient (Wildman–Crippen LogP) is 7.59. The quantitative estimate of drug-likeness (QED) is 0.0544. The Morgan fingerprint density at radius 3 is 2.30 bits per heavy atom. The van der Waals surface area contributed by atoms with Crippen molar-refractivity contribution in [3.8, 4) is 11.1 Å². The van der Waals surface area contributed by atoms with E-state index in [9.17, 15) is 19.5 Å². The van der Waals surface area contributed by atoms with Crippen molar-refractivity contribution in [1.29, 1.82) is 0 Å². The first kappa shape index (κ1) is 41.6. The number of carbonyl (C=O) groups is 3. The van der Waals surface area contributed by atoms with Gasteiger partial charge < -0.3 is 35.7 Å². The number of hydrogen-bond donors (Lipinski definition) is 4. The Bertz CT molecular complexity index is 1980. The highest BCUT2D eigenvalue weighted by molar-refractivity contribution is 5.93. The first-order valence-corrected chi connectivity index (χ1v) is 20.0. The number of rotatable bonds is 15. The van der Waals surface area contributed by atoms with Gasteiger partial charge in [0.25, 0.3) is 0 Å². The van der Waals surface area contributed by atoms with Gasteiger partial charge in [0.05, 0.1) is 30.2 Å². The van der Waals surface area contributed by atoms with Gasteiger partial charge in [0.15, 0.2) is 6.29 Å². The van der Waals surface area contributed by atoms with Crippen LogP contribution in [0.4, 0.5) is 11.4 Å². The molecule has 11 nitrogen and oxygen atoms in total. The summed E-state index contributed by atoms with van der Waals surface area (Å²) in [5, 5.41) is 15.5. The number of ether oxygens (including phenoxy) is 3. The van der Waals surface area contributed by atoms with Crippen LogP contribution in [0.15, 0.2) is 97.1 Å². The zero-order valence-corrected chi connectivity index (χ0v) is 33.2. The summed E-state index contributed by atoms with van der Waals surface area (Å²) in [5.41, 5.74) is 12.1. The lowest BCUT2D eigenvalue weighted by Crippen LogP contribution is -2.45. The number of likely N-dealkylation sites (tertiary alicyclic amines) is 1. The molecule has 2 aliphatic rings. The van der Waals surface area contributed by atoms with Crippen molar-refractivity contribution in [2.24, 2.45) is 0 Å². The molecule has 2 saturated heterocycles. The summed E-state index contributed by atoms with van der Waals surface area (Å²) in [6.07, 6.45) is 2.99. The van der Waals surface area contributed by atoms with E-state index >= 15 is 0 Å². The summed E-state index contributed by atoms with van der Waals surface area (Å²) in [6, 6.07) is 30.9. The van der Waals surface area contributed by atoms with Crippen molar-refractivity contribution in [3.63, 3.8) is 0 Å². The molecule has 0 radical (unpaired) electrons. The smallest absolute Gasteiger partial charge is 0.323 e. The molecule has 2 heterocycles. The largest absolute Gasteiger partial charge is 0.459 e. The van der Waals surface area contributed by atoms with E-state index in [1.165, 1.54) is 0 Å². The van der Waals surface area contributed by atoms with Crippen LogP contribution >= 0.6 is 0 Å². The van der Waals surface area contributed by atoms with Gasteiger partial charge in [-0.05, 0) is 105 Å². The number of aliphatic hydroxyl groups is 1. The number of unbranched alkanes of at least 4 members (excludes halogenated alkanes) is 1. The first-order valence-electron chi connectivity index (χ1n) is 20.0. The third kappa shape index (κ3) is 12.0. The Balaban J connectivity index is 1.08. The molecule has 0 bridgehead atoms. The molecule has 4 aromatic carbocycles. The standard InChI is InChI=1S/C46H56N4O7/c1-46(2,3)57-44(54)40-17-10-24-50(40)29-37-27-41(33-22-20-31(30-51)21-23-33)56-45(55-37)36-14-9-13-35(26-36)34-12-8-11-32(25-34)28-48-42(52)18-6-7-19-43(53)49-39-16-5-4-15-38(39)47/h4-5,8-9,11-16,20-23,25-26,37,40-41,45,51H,6-7,10,17-19,24,27-30,47H2,1-3H3,(H,48,52)(H,49,53)/t37-,40-,41+,45+/m0/s1. The number of amides is 2. The van der Waals surface area contributed by atoms with E-state index in [1.54, 1.807) is 12.1 Å². The van der Waals surface area contributed by atoms with E-state index in [4.69, 9.17) is 19.9 Å². The van der Waals surface area contributed by atoms with Crippen LogP contribution in [0.2, 0.25) is 0 Å². The van der Waals surface area contributed by atoms with Crippen LogP contribution in [0.1, 0.15) is 100 Å². The number of benzene rings is 4. The monoisotopic (exact) mass is 776 g/mol. The van der Waals surface area contributed by atoms with Crippen LogP contribution in [0.3, 0.4) is 0 Å². The molecule has 4 aromatic rings. The average molecular weight is 777 g/mol. The van der Waals surface area contributed by atoms with Gasteiger partial charge in [0.1, 0.15) is 11.6 Å². The molecule has 0 spiro atoms. The van der Waals surface area contributed by atoms with Crippen molar-refractivity contribution in [3.05, 3.63) is 119 Å². The Hall–Kier alpha value is -5.07. The van der Waals surface area contributed by atoms with E-state index in [-0.39, 0.29) is 42.6 Å². The minimum atomic E-state index is -0.654. The Labute approximate surface area is 335 Å². The van der Waals surface area contributed by atoms with Crippen LogP contribution in [0.5, 0.6) is 0 Å². The average Bonchev–Trinajstić information content (AvgIpc) is 3.67. The SMILES string of the molecule is CC(C)(C)OC(=O)[C@@H]1CCCN1C[C@@H]1C[C@H](c2ccc(CO)cc2)O[C@H](c2cccc(-c3cccc(CNC(=O)CCCCC(=O)Nc4ccccc4N)c3)c2)O1. The molecule has 11 heteroatoms. The van der Waals surface area contributed by atoms with Crippen molar-refractivity contribution in [2.45, 2.75) is 109 Å². The van der Waals surface area contributed by atoms with Crippen LogP contribution < -0.4 is 16.4 Å². The second-order valence-electron chi connectivity index (χ2n) is 16.0. The van der Waals surface area contributed by atoms with Crippen LogP contribution in [0.25, 0.3) is 11.1 Å². The third-order valence-electron chi connectivity index (χ3n) is 10.3. The summed E-state index contributed by atoms with van der Waals surface area (Å²) < 4.78 is 19.1. The maximum absolute atomic E-state index is 13.2. The molecular formula is C46H56N4O7. The Morgan fingerprint density at radius 2 is 1.56 bits per heavy atom. The molecule has 0 saturated carbocycles. The number of para-hydroxylation sites is 2. The number of aliphatic hydroxyl groups excluding tert-OH is 1. The van der Waals surface area contributed by atoms with Crippen molar-refractivity contribution < 1.29 is 33.7 Å². The van der Waals surface area contributed by atoms with Gasteiger partial charge in [0, 0.05) is 37.9 Å². The van der Waals surface area contributed by atoms with Gasteiger partial charge >= 0.3 is 5.97 Å². The Kier molecular flexibility index (Phi) is 14.1. The lowest BCUT2D eigenvalue weighted by molar-refractivity contribution is -0.253. The molecular weight excluding hydrogens is 721 g/mol. The van der Waals surface area contributed by atoms with Crippen molar-refractivity contribution in [1.82, 2.24) is 10.2 Å². The fraction of sp³-hybridized carbons (Fsp3) is 0.413. The number of hydrogen-bond acceptors (Lipinski definition) is 9. The second kappa shape index (κ2) is 19.4. The van der Waals surface area contributed by atoms with Crippen LogP contribution in [0, 0.1) is 0 Å². The predicted molar refractivity (Wildman–Crippen MR) is 221 cm³/mol. The molecule has 57 heavy (non-hydrogen) atoms. The van der Waals surface area contributed by atoms with Gasteiger partial charge in [-0.15, -0.1) is 0 Å². The third-order valence-corrected chi connectivity index (χ3v) is 10.3. The molecule has 2 fully saturated rings. The number of esters is 1. The van der Waals surface area contributed by atoms with E-state index in [0.717, 1.165) is 52.8 Å². The minimum absolute atomic E-state index is 0.0322. The molecule has 302 valence electrons. The van der Waals surface area contributed by atoms with E-state index in [2.05, 4.69) is 27.7 Å². The maximum Gasteiger partial charge on any atom is 0.323 e.